The van der Waals surface area contributed by atoms with Crippen LogP contribution in [-0.4, -0.2) is 68.0 Å². The van der Waals surface area contributed by atoms with Gasteiger partial charge in [-0.05, 0) is 23.3 Å². The molecular weight excluding hydrogens is 380 g/mol. The Morgan fingerprint density at radius 3 is 1.66 bits per heavy atom. The summed E-state index contributed by atoms with van der Waals surface area (Å²) in [5.41, 5.74) is 2.57. The van der Waals surface area contributed by atoms with Crippen molar-refractivity contribution in [2.24, 2.45) is 0 Å². The van der Waals surface area contributed by atoms with Crippen molar-refractivity contribution >= 4 is 17.6 Å². The summed E-state index contributed by atoms with van der Waals surface area (Å²) in [6.45, 7) is 5.92. The first-order chi connectivity index (χ1) is 13.8. The summed E-state index contributed by atoms with van der Waals surface area (Å²) in [5.74, 6) is -3.65. The molecule has 0 spiro atoms. The highest BCUT2D eigenvalue weighted by atomic mass is 16.6. The zero-order valence-electron chi connectivity index (χ0n) is 15.7. The molecule has 1 saturated heterocycles. The Hall–Kier alpha value is -3.37. The molecule has 0 atom stereocenters. The molecule has 0 saturated carbocycles. The number of aromatic nitrogens is 1. The number of carbonyl (C=O) groups is 2. The topological polar surface area (TPSA) is 137 Å². The van der Waals surface area contributed by atoms with Gasteiger partial charge in [0.2, 0.25) is 0 Å². The molecule has 1 aromatic carbocycles. The van der Waals surface area contributed by atoms with Crippen LogP contribution < -0.4 is 0 Å². The van der Waals surface area contributed by atoms with Gasteiger partial charge in [0.1, 0.15) is 0 Å². The van der Waals surface area contributed by atoms with Gasteiger partial charge in [0, 0.05) is 63.8 Å². The van der Waals surface area contributed by atoms with Crippen molar-refractivity contribution in [1.82, 2.24) is 14.8 Å². The van der Waals surface area contributed by atoms with Crippen molar-refractivity contribution in [1.29, 1.82) is 0 Å². The molecule has 0 aliphatic carbocycles. The van der Waals surface area contributed by atoms with Crippen LogP contribution in [0.2, 0.25) is 0 Å². The number of hydrogen-bond donors (Lipinski definition) is 2. The Bertz CT molecular complexity index is 808. The number of benzene rings is 1. The van der Waals surface area contributed by atoms with Crippen LogP contribution in [0.5, 0.6) is 0 Å². The first kappa shape index (κ1) is 21.9. The standard InChI is InChI=1S/C17H20N4O2.C2H2O4/c22-21(23)17-3-1-15(2-4-17)13-19-9-11-20(12-10-19)14-16-5-7-18-8-6-16;3-1(4)2(5)6/h1-8H,9-14H2;(H,3,4)(H,5,6). The van der Waals surface area contributed by atoms with Gasteiger partial charge in [0.05, 0.1) is 4.92 Å². The van der Waals surface area contributed by atoms with Crippen molar-refractivity contribution in [3.8, 4) is 0 Å². The summed E-state index contributed by atoms with van der Waals surface area (Å²) in [6, 6.07) is 11.0. The minimum Gasteiger partial charge on any atom is -0.473 e. The number of nitro groups is 1. The van der Waals surface area contributed by atoms with E-state index in [2.05, 4.69) is 26.9 Å². The van der Waals surface area contributed by atoms with Crippen molar-refractivity contribution in [2.75, 3.05) is 26.2 Å². The summed E-state index contributed by atoms with van der Waals surface area (Å²) in [6.07, 6.45) is 3.67. The first-order valence-electron chi connectivity index (χ1n) is 8.88. The molecule has 3 rings (SSSR count). The number of piperazine rings is 1. The summed E-state index contributed by atoms with van der Waals surface area (Å²) < 4.78 is 0. The number of carboxylic acids is 2. The zero-order valence-corrected chi connectivity index (χ0v) is 15.7. The van der Waals surface area contributed by atoms with Crippen LogP contribution in [-0.2, 0) is 22.7 Å². The van der Waals surface area contributed by atoms with Crippen LogP contribution in [0.25, 0.3) is 0 Å². The third kappa shape index (κ3) is 7.64. The number of non-ortho nitro benzene ring substituents is 1. The molecule has 2 heterocycles. The number of hydrogen-bond acceptors (Lipinski definition) is 7. The van der Waals surface area contributed by atoms with E-state index in [4.69, 9.17) is 19.8 Å². The van der Waals surface area contributed by atoms with E-state index >= 15 is 0 Å². The lowest BCUT2D eigenvalue weighted by atomic mass is 10.1. The first-order valence-corrected chi connectivity index (χ1v) is 8.88. The summed E-state index contributed by atoms with van der Waals surface area (Å²) in [5, 5.41) is 25.5. The van der Waals surface area contributed by atoms with Crippen molar-refractivity contribution in [2.45, 2.75) is 13.1 Å². The average molecular weight is 402 g/mol. The van der Waals surface area contributed by atoms with Gasteiger partial charge in [-0.3, -0.25) is 24.9 Å². The Morgan fingerprint density at radius 2 is 1.28 bits per heavy atom. The normalized spacial score (nSPS) is 14.5. The molecule has 1 fully saturated rings. The van der Waals surface area contributed by atoms with Crippen molar-refractivity contribution in [3.05, 3.63) is 70.0 Å². The summed E-state index contributed by atoms with van der Waals surface area (Å²) in [7, 11) is 0. The van der Waals surface area contributed by atoms with Crippen molar-refractivity contribution in [3.63, 3.8) is 0 Å². The second kappa shape index (κ2) is 10.8. The van der Waals surface area contributed by atoms with Gasteiger partial charge in [-0.25, -0.2) is 9.59 Å². The molecule has 1 aliphatic rings. The SMILES string of the molecule is O=C(O)C(=O)O.O=[N+]([O-])c1ccc(CN2CCN(Cc3ccncc3)CC2)cc1. The van der Waals surface area contributed by atoms with Crippen LogP contribution in [0.15, 0.2) is 48.8 Å². The molecule has 0 unspecified atom stereocenters. The van der Waals surface area contributed by atoms with Gasteiger partial charge >= 0.3 is 11.9 Å². The van der Waals surface area contributed by atoms with E-state index in [0.717, 1.165) is 44.8 Å². The van der Waals surface area contributed by atoms with E-state index in [-0.39, 0.29) is 10.6 Å². The highest BCUT2D eigenvalue weighted by molar-refractivity contribution is 6.27. The molecule has 1 aliphatic heterocycles. The van der Waals surface area contributed by atoms with Crippen LogP contribution in [0, 0.1) is 10.1 Å². The number of carboxylic acid groups (broad SMARTS) is 2. The molecule has 1 aromatic heterocycles. The Labute approximate surface area is 167 Å². The monoisotopic (exact) mass is 402 g/mol. The smallest absolute Gasteiger partial charge is 0.414 e. The second-order valence-corrected chi connectivity index (χ2v) is 6.44. The van der Waals surface area contributed by atoms with Crippen LogP contribution in [0.1, 0.15) is 11.1 Å². The zero-order chi connectivity index (χ0) is 21.2. The van der Waals surface area contributed by atoms with E-state index in [0.29, 0.717) is 0 Å². The molecular formula is C19H22N4O6. The fourth-order valence-electron chi connectivity index (χ4n) is 2.83. The second-order valence-electron chi connectivity index (χ2n) is 6.44. The van der Waals surface area contributed by atoms with E-state index in [1.54, 1.807) is 12.1 Å². The van der Waals surface area contributed by atoms with E-state index in [1.807, 2.05) is 24.5 Å². The number of nitrogens with zero attached hydrogens (tertiary/aromatic N) is 4. The molecule has 2 N–H and O–H groups in total. The fourth-order valence-corrected chi connectivity index (χ4v) is 2.83. The van der Waals surface area contributed by atoms with Crippen LogP contribution >= 0.6 is 0 Å². The molecule has 154 valence electrons. The fraction of sp³-hybridized carbons (Fsp3) is 0.316. The lowest BCUT2D eigenvalue weighted by molar-refractivity contribution is -0.384. The molecule has 2 aromatic rings. The van der Waals surface area contributed by atoms with E-state index < -0.39 is 11.9 Å². The number of pyridine rings is 1. The van der Waals surface area contributed by atoms with Gasteiger partial charge in [-0.1, -0.05) is 12.1 Å². The molecule has 0 bridgehead atoms. The molecule has 29 heavy (non-hydrogen) atoms. The van der Waals surface area contributed by atoms with E-state index in [1.165, 1.54) is 5.56 Å². The van der Waals surface area contributed by atoms with Crippen LogP contribution in [0.3, 0.4) is 0 Å². The average Bonchev–Trinajstić information content (AvgIpc) is 2.71. The molecule has 10 nitrogen and oxygen atoms in total. The van der Waals surface area contributed by atoms with Gasteiger partial charge < -0.3 is 10.2 Å². The maximum absolute atomic E-state index is 10.7. The Balaban J connectivity index is 0.000000438. The lowest BCUT2D eigenvalue weighted by Gasteiger charge is -2.34. The number of rotatable bonds is 5. The Morgan fingerprint density at radius 1 is 0.862 bits per heavy atom. The van der Waals surface area contributed by atoms with E-state index in [9.17, 15) is 10.1 Å². The third-order valence-corrected chi connectivity index (χ3v) is 4.36. The van der Waals surface area contributed by atoms with Gasteiger partial charge in [0.25, 0.3) is 5.69 Å². The number of nitro benzene ring substituents is 1. The highest BCUT2D eigenvalue weighted by Crippen LogP contribution is 2.15. The minimum atomic E-state index is -1.82. The van der Waals surface area contributed by atoms with Crippen molar-refractivity contribution < 1.29 is 24.7 Å². The predicted octanol–water partition coefficient (Wildman–Crippen LogP) is 1.46. The molecule has 0 amide bonds. The number of aliphatic carboxylic acids is 2. The lowest BCUT2D eigenvalue weighted by Crippen LogP contribution is -2.45. The minimum absolute atomic E-state index is 0.149. The summed E-state index contributed by atoms with van der Waals surface area (Å²) >= 11 is 0. The van der Waals surface area contributed by atoms with Crippen LogP contribution in [0.4, 0.5) is 5.69 Å². The maximum atomic E-state index is 10.7. The molecule has 10 heteroatoms. The Kier molecular flexibility index (Phi) is 8.19. The quantitative estimate of drug-likeness (QED) is 0.432. The highest BCUT2D eigenvalue weighted by Gasteiger charge is 2.17. The molecule has 0 radical (unpaired) electrons. The largest absolute Gasteiger partial charge is 0.473 e. The van der Waals surface area contributed by atoms with Gasteiger partial charge in [0.15, 0.2) is 0 Å². The van der Waals surface area contributed by atoms with Gasteiger partial charge in [-0.15, -0.1) is 0 Å². The summed E-state index contributed by atoms with van der Waals surface area (Å²) in [4.78, 5) is 37.4. The third-order valence-electron chi connectivity index (χ3n) is 4.36. The maximum Gasteiger partial charge on any atom is 0.414 e. The van der Waals surface area contributed by atoms with Gasteiger partial charge in [-0.2, -0.15) is 0 Å². The predicted molar refractivity (Wildman–Crippen MR) is 103 cm³/mol.